The van der Waals surface area contributed by atoms with Crippen molar-refractivity contribution in [2.45, 2.75) is 45.3 Å². The first-order valence-electron chi connectivity index (χ1n) is 6.08. The second kappa shape index (κ2) is 5.96. The predicted molar refractivity (Wildman–Crippen MR) is 61.0 cm³/mol. The summed E-state index contributed by atoms with van der Waals surface area (Å²) in [7, 11) is 0. The third-order valence-electron chi connectivity index (χ3n) is 2.62. The molecule has 1 aromatic rings. The molecule has 0 saturated heterocycles. The smallest absolute Gasteiger partial charge is 0.0964 e. The van der Waals surface area contributed by atoms with Gasteiger partial charge in [-0.2, -0.15) is 0 Å². The van der Waals surface area contributed by atoms with Gasteiger partial charge >= 0.3 is 0 Å². The van der Waals surface area contributed by atoms with Crippen LogP contribution in [0.15, 0.2) is 6.20 Å². The second-order valence-corrected chi connectivity index (χ2v) is 4.18. The van der Waals surface area contributed by atoms with Crippen LogP contribution in [0.2, 0.25) is 0 Å². The Morgan fingerprint density at radius 2 is 2.44 bits per heavy atom. The van der Waals surface area contributed by atoms with Gasteiger partial charge in [-0.1, -0.05) is 5.21 Å². The summed E-state index contributed by atoms with van der Waals surface area (Å²) in [4.78, 5) is 0. The van der Waals surface area contributed by atoms with Crippen molar-refractivity contribution in [3.63, 3.8) is 0 Å². The lowest BCUT2D eigenvalue weighted by atomic mass is 10.4. The van der Waals surface area contributed by atoms with Crippen molar-refractivity contribution in [3.8, 4) is 0 Å². The molecular formula is C11H20N4O. The number of nitrogens with zero attached hydrogens (tertiary/aromatic N) is 3. The van der Waals surface area contributed by atoms with Crippen molar-refractivity contribution >= 4 is 0 Å². The van der Waals surface area contributed by atoms with Gasteiger partial charge in [0.2, 0.25) is 0 Å². The molecule has 5 nitrogen and oxygen atoms in total. The number of ether oxygens (including phenoxy) is 1. The second-order valence-electron chi connectivity index (χ2n) is 4.18. The van der Waals surface area contributed by atoms with Gasteiger partial charge in [-0.25, -0.2) is 0 Å². The van der Waals surface area contributed by atoms with Crippen molar-refractivity contribution in [2.24, 2.45) is 0 Å². The van der Waals surface area contributed by atoms with Gasteiger partial charge in [0.15, 0.2) is 0 Å². The van der Waals surface area contributed by atoms with Crippen LogP contribution in [-0.2, 0) is 17.8 Å². The molecule has 0 aliphatic heterocycles. The molecule has 0 bridgehead atoms. The Morgan fingerprint density at radius 1 is 1.56 bits per heavy atom. The maximum atomic E-state index is 5.28. The highest BCUT2D eigenvalue weighted by Gasteiger charge is 2.20. The predicted octanol–water partition coefficient (Wildman–Crippen LogP) is 0.957. The molecule has 1 heterocycles. The molecule has 1 aliphatic carbocycles. The topological polar surface area (TPSA) is 52.0 Å². The normalized spacial score (nSPS) is 15.6. The number of hydrogen-bond acceptors (Lipinski definition) is 4. The Balaban J connectivity index is 1.64. The summed E-state index contributed by atoms with van der Waals surface area (Å²) in [6.45, 7) is 5.32. The van der Waals surface area contributed by atoms with Gasteiger partial charge < -0.3 is 10.1 Å². The molecule has 1 aliphatic rings. The van der Waals surface area contributed by atoms with E-state index in [-0.39, 0.29) is 0 Å². The minimum absolute atomic E-state index is 0.725. The highest BCUT2D eigenvalue weighted by atomic mass is 16.5. The largest absolute Gasteiger partial charge is 0.382 e. The Labute approximate surface area is 96.2 Å². The average Bonchev–Trinajstić information content (AvgIpc) is 3.02. The average molecular weight is 224 g/mol. The summed E-state index contributed by atoms with van der Waals surface area (Å²) in [5, 5.41) is 11.6. The first-order chi connectivity index (χ1) is 7.88. The first-order valence-corrected chi connectivity index (χ1v) is 6.08. The fourth-order valence-electron chi connectivity index (χ4n) is 1.54. The van der Waals surface area contributed by atoms with Crippen molar-refractivity contribution in [3.05, 3.63) is 11.9 Å². The number of nitrogens with one attached hydrogen (secondary N) is 1. The van der Waals surface area contributed by atoms with Gasteiger partial charge in [0.25, 0.3) is 0 Å². The van der Waals surface area contributed by atoms with Crippen LogP contribution in [0.1, 0.15) is 31.9 Å². The maximum absolute atomic E-state index is 5.28. The molecule has 0 unspecified atom stereocenters. The van der Waals surface area contributed by atoms with E-state index in [9.17, 15) is 0 Å². The zero-order valence-electron chi connectivity index (χ0n) is 9.85. The number of aromatic nitrogens is 3. The SMILES string of the molecule is CCOCCCn1cc(CNC2CC2)nn1. The van der Waals surface area contributed by atoms with E-state index in [4.69, 9.17) is 4.74 Å². The standard InChI is InChI=1S/C11H20N4O/c1-2-16-7-3-6-15-9-11(13-14-15)8-12-10-4-5-10/h9-10,12H,2-8H2,1H3. The van der Waals surface area contributed by atoms with E-state index in [1.807, 2.05) is 17.8 Å². The molecular weight excluding hydrogens is 204 g/mol. The van der Waals surface area contributed by atoms with Crippen LogP contribution in [-0.4, -0.2) is 34.2 Å². The van der Waals surface area contributed by atoms with Crippen LogP contribution < -0.4 is 5.32 Å². The maximum Gasteiger partial charge on any atom is 0.0964 e. The van der Waals surface area contributed by atoms with Crippen LogP contribution in [0.4, 0.5) is 0 Å². The molecule has 90 valence electrons. The fourth-order valence-corrected chi connectivity index (χ4v) is 1.54. The lowest BCUT2D eigenvalue weighted by Crippen LogP contribution is -2.15. The lowest BCUT2D eigenvalue weighted by Gasteiger charge is -2.00. The zero-order chi connectivity index (χ0) is 11.2. The van der Waals surface area contributed by atoms with Gasteiger partial charge in [-0.3, -0.25) is 4.68 Å². The third kappa shape index (κ3) is 3.90. The van der Waals surface area contributed by atoms with Gasteiger partial charge in [-0.15, -0.1) is 5.10 Å². The molecule has 5 heteroatoms. The van der Waals surface area contributed by atoms with Gasteiger partial charge in [0, 0.05) is 38.5 Å². The van der Waals surface area contributed by atoms with E-state index in [0.717, 1.165) is 44.5 Å². The summed E-state index contributed by atoms with van der Waals surface area (Å²) in [6, 6.07) is 0.725. The number of hydrogen-bond donors (Lipinski definition) is 1. The Kier molecular flexibility index (Phi) is 4.30. The van der Waals surface area contributed by atoms with Gasteiger partial charge in [0.1, 0.15) is 0 Å². The van der Waals surface area contributed by atoms with E-state index >= 15 is 0 Å². The van der Waals surface area contributed by atoms with Crippen molar-refractivity contribution in [1.82, 2.24) is 20.3 Å². The minimum Gasteiger partial charge on any atom is -0.382 e. The van der Waals surface area contributed by atoms with Crippen molar-refractivity contribution in [1.29, 1.82) is 0 Å². The highest BCUT2D eigenvalue weighted by molar-refractivity contribution is 4.94. The lowest BCUT2D eigenvalue weighted by molar-refractivity contribution is 0.140. The van der Waals surface area contributed by atoms with Crippen LogP contribution in [0.5, 0.6) is 0 Å². The molecule has 0 spiro atoms. The van der Waals surface area contributed by atoms with Crippen LogP contribution in [0.25, 0.3) is 0 Å². The Morgan fingerprint density at radius 3 is 3.19 bits per heavy atom. The molecule has 0 aromatic carbocycles. The summed E-state index contributed by atoms with van der Waals surface area (Å²) < 4.78 is 7.17. The molecule has 16 heavy (non-hydrogen) atoms. The molecule has 1 fully saturated rings. The van der Waals surface area contributed by atoms with E-state index in [1.54, 1.807) is 0 Å². The summed E-state index contributed by atoms with van der Waals surface area (Å²) in [6.07, 6.45) is 5.62. The zero-order valence-corrected chi connectivity index (χ0v) is 9.85. The van der Waals surface area contributed by atoms with E-state index in [1.165, 1.54) is 12.8 Å². The molecule has 0 amide bonds. The van der Waals surface area contributed by atoms with Crippen LogP contribution >= 0.6 is 0 Å². The van der Waals surface area contributed by atoms with Gasteiger partial charge in [0.05, 0.1) is 5.69 Å². The first kappa shape index (κ1) is 11.5. The highest BCUT2D eigenvalue weighted by Crippen LogP contribution is 2.18. The molecule has 1 saturated carbocycles. The van der Waals surface area contributed by atoms with Crippen molar-refractivity contribution < 1.29 is 4.74 Å². The third-order valence-corrected chi connectivity index (χ3v) is 2.62. The van der Waals surface area contributed by atoms with Crippen molar-refractivity contribution in [2.75, 3.05) is 13.2 Å². The molecule has 0 atom stereocenters. The molecule has 1 N–H and O–H groups in total. The minimum atomic E-state index is 0.725. The summed E-state index contributed by atoms with van der Waals surface area (Å²) in [5.41, 5.74) is 1.03. The monoisotopic (exact) mass is 224 g/mol. The fraction of sp³-hybridized carbons (Fsp3) is 0.818. The Bertz CT molecular complexity index is 309. The summed E-state index contributed by atoms with van der Waals surface area (Å²) in [5.74, 6) is 0. The van der Waals surface area contributed by atoms with Gasteiger partial charge in [-0.05, 0) is 26.2 Å². The Hall–Kier alpha value is -0.940. The molecule has 1 aromatic heterocycles. The summed E-state index contributed by atoms with van der Waals surface area (Å²) >= 11 is 0. The number of rotatable bonds is 8. The van der Waals surface area contributed by atoms with E-state index < -0.39 is 0 Å². The van der Waals surface area contributed by atoms with E-state index in [2.05, 4.69) is 15.6 Å². The molecule has 2 rings (SSSR count). The molecule has 0 radical (unpaired) electrons. The number of aryl methyl sites for hydroxylation is 1. The van der Waals surface area contributed by atoms with Crippen LogP contribution in [0, 0.1) is 0 Å². The quantitative estimate of drug-likeness (QED) is 0.668. The van der Waals surface area contributed by atoms with E-state index in [0.29, 0.717) is 0 Å². The van der Waals surface area contributed by atoms with Crippen LogP contribution in [0.3, 0.4) is 0 Å².